The molecule has 3 nitrogen and oxygen atoms in total. The van der Waals surface area contributed by atoms with Crippen molar-refractivity contribution >= 4 is 5.97 Å². The van der Waals surface area contributed by atoms with E-state index < -0.39 is 0 Å². The van der Waals surface area contributed by atoms with Crippen LogP contribution < -0.4 is 5.32 Å². The first-order valence-electron chi connectivity index (χ1n) is 5.44. The van der Waals surface area contributed by atoms with Gasteiger partial charge in [-0.2, -0.15) is 0 Å². The van der Waals surface area contributed by atoms with Crippen molar-refractivity contribution in [2.45, 2.75) is 38.6 Å². The molecule has 0 aromatic carbocycles. The molecule has 3 heteroatoms. The fraction of sp³-hybridized carbons (Fsp3) is 0.909. The van der Waals surface area contributed by atoms with E-state index in [1.165, 1.54) is 20.0 Å². The van der Waals surface area contributed by atoms with E-state index in [1.807, 2.05) is 14.0 Å². The molecule has 1 unspecified atom stereocenters. The van der Waals surface area contributed by atoms with E-state index in [0.717, 1.165) is 12.8 Å². The molecule has 0 aliphatic heterocycles. The Hall–Kier alpha value is -0.570. The van der Waals surface area contributed by atoms with E-state index >= 15 is 0 Å². The second kappa shape index (κ2) is 5.35. The SMILES string of the molecule is CNC1CCC(C(C)C(=O)OC)CC1. The van der Waals surface area contributed by atoms with Gasteiger partial charge in [-0.3, -0.25) is 4.79 Å². The zero-order valence-electron chi connectivity index (χ0n) is 9.38. The first-order chi connectivity index (χ1) is 6.69. The van der Waals surface area contributed by atoms with Crippen molar-refractivity contribution in [3.8, 4) is 0 Å². The molecule has 1 atom stereocenters. The van der Waals surface area contributed by atoms with Crippen LogP contribution in [0.25, 0.3) is 0 Å². The molecule has 0 saturated heterocycles. The normalized spacial score (nSPS) is 29.6. The monoisotopic (exact) mass is 199 g/mol. The summed E-state index contributed by atoms with van der Waals surface area (Å²) < 4.78 is 4.76. The van der Waals surface area contributed by atoms with E-state index in [1.54, 1.807) is 0 Å². The van der Waals surface area contributed by atoms with Gasteiger partial charge in [0, 0.05) is 6.04 Å². The lowest BCUT2D eigenvalue weighted by atomic mass is 9.79. The van der Waals surface area contributed by atoms with Gasteiger partial charge in [0.25, 0.3) is 0 Å². The third kappa shape index (κ3) is 2.71. The van der Waals surface area contributed by atoms with Crippen LogP contribution in [0.15, 0.2) is 0 Å². The Bertz CT molecular complexity index is 186. The molecule has 1 aliphatic rings. The molecule has 0 spiro atoms. The molecular formula is C11H21NO2. The minimum Gasteiger partial charge on any atom is -0.469 e. The summed E-state index contributed by atoms with van der Waals surface area (Å²) in [7, 11) is 3.48. The van der Waals surface area contributed by atoms with Crippen LogP contribution in [0, 0.1) is 11.8 Å². The average molecular weight is 199 g/mol. The number of nitrogens with one attached hydrogen (secondary N) is 1. The van der Waals surface area contributed by atoms with Crippen molar-refractivity contribution in [1.29, 1.82) is 0 Å². The summed E-state index contributed by atoms with van der Waals surface area (Å²) in [4.78, 5) is 11.3. The lowest BCUT2D eigenvalue weighted by molar-refractivity contribution is -0.147. The van der Waals surface area contributed by atoms with E-state index in [-0.39, 0.29) is 11.9 Å². The molecule has 0 radical (unpaired) electrons. The number of esters is 1. The van der Waals surface area contributed by atoms with Gasteiger partial charge in [-0.1, -0.05) is 6.92 Å². The maximum atomic E-state index is 11.3. The van der Waals surface area contributed by atoms with Gasteiger partial charge in [-0.25, -0.2) is 0 Å². The van der Waals surface area contributed by atoms with Gasteiger partial charge in [0.15, 0.2) is 0 Å². The van der Waals surface area contributed by atoms with Crippen LogP contribution in [0.5, 0.6) is 0 Å². The Kier molecular flexibility index (Phi) is 4.39. The smallest absolute Gasteiger partial charge is 0.308 e. The van der Waals surface area contributed by atoms with Gasteiger partial charge < -0.3 is 10.1 Å². The van der Waals surface area contributed by atoms with E-state index in [2.05, 4.69) is 5.32 Å². The van der Waals surface area contributed by atoms with Crippen molar-refractivity contribution in [2.24, 2.45) is 11.8 Å². The third-order valence-electron chi connectivity index (χ3n) is 3.46. The van der Waals surface area contributed by atoms with Crippen molar-refractivity contribution < 1.29 is 9.53 Å². The van der Waals surface area contributed by atoms with Crippen LogP contribution >= 0.6 is 0 Å². The maximum Gasteiger partial charge on any atom is 0.308 e. The molecular weight excluding hydrogens is 178 g/mol. The summed E-state index contributed by atoms with van der Waals surface area (Å²) in [6.45, 7) is 1.98. The van der Waals surface area contributed by atoms with Crippen molar-refractivity contribution in [3.63, 3.8) is 0 Å². The number of ether oxygens (including phenoxy) is 1. The van der Waals surface area contributed by atoms with Gasteiger partial charge >= 0.3 is 5.97 Å². The third-order valence-corrected chi connectivity index (χ3v) is 3.46. The predicted molar refractivity (Wildman–Crippen MR) is 56.0 cm³/mol. The van der Waals surface area contributed by atoms with E-state index in [4.69, 9.17) is 4.74 Å². The fourth-order valence-electron chi connectivity index (χ4n) is 2.29. The molecule has 0 amide bonds. The highest BCUT2D eigenvalue weighted by molar-refractivity contribution is 5.72. The number of hydrogen-bond acceptors (Lipinski definition) is 3. The van der Waals surface area contributed by atoms with Crippen LogP contribution in [0.4, 0.5) is 0 Å². The number of carbonyl (C=O) groups excluding carboxylic acids is 1. The van der Waals surface area contributed by atoms with Gasteiger partial charge in [0.05, 0.1) is 13.0 Å². The molecule has 0 aromatic rings. The molecule has 1 rings (SSSR count). The average Bonchev–Trinajstić information content (AvgIpc) is 2.27. The summed E-state index contributed by atoms with van der Waals surface area (Å²) in [5.74, 6) is 0.530. The summed E-state index contributed by atoms with van der Waals surface area (Å²) in [5, 5.41) is 3.29. The highest BCUT2D eigenvalue weighted by Crippen LogP contribution is 2.30. The highest BCUT2D eigenvalue weighted by atomic mass is 16.5. The molecule has 0 aromatic heterocycles. The zero-order chi connectivity index (χ0) is 10.6. The van der Waals surface area contributed by atoms with Crippen molar-refractivity contribution in [2.75, 3.05) is 14.2 Å². The number of methoxy groups -OCH3 is 1. The fourth-order valence-corrected chi connectivity index (χ4v) is 2.29. The van der Waals surface area contributed by atoms with Crippen LogP contribution in [-0.2, 0) is 9.53 Å². The second-order valence-electron chi connectivity index (χ2n) is 4.21. The minimum atomic E-state index is -0.0575. The van der Waals surface area contributed by atoms with Crippen molar-refractivity contribution in [3.05, 3.63) is 0 Å². The second-order valence-corrected chi connectivity index (χ2v) is 4.21. The molecule has 1 fully saturated rings. The van der Waals surface area contributed by atoms with Crippen LogP contribution in [0.1, 0.15) is 32.6 Å². The Labute approximate surface area is 86.2 Å². The zero-order valence-corrected chi connectivity index (χ0v) is 9.38. The summed E-state index contributed by atoms with van der Waals surface area (Å²) in [6.07, 6.45) is 4.65. The van der Waals surface area contributed by atoms with Gasteiger partial charge in [-0.15, -0.1) is 0 Å². The molecule has 0 heterocycles. The predicted octanol–water partition coefficient (Wildman–Crippen LogP) is 1.57. The van der Waals surface area contributed by atoms with Crippen LogP contribution in [0.2, 0.25) is 0 Å². The lowest BCUT2D eigenvalue weighted by Gasteiger charge is -2.30. The molecule has 1 aliphatic carbocycles. The van der Waals surface area contributed by atoms with Crippen LogP contribution in [0.3, 0.4) is 0 Å². The standard InChI is InChI=1S/C11H21NO2/c1-8(11(13)14-3)9-4-6-10(12-2)7-5-9/h8-10,12H,4-7H2,1-3H3. The minimum absolute atomic E-state index is 0.0575. The summed E-state index contributed by atoms with van der Waals surface area (Å²) >= 11 is 0. The van der Waals surface area contributed by atoms with Gasteiger partial charge in [0.1, 0.15) is 0 Å². The molecule has 82 valence electrons. The van der Waals surface area contributed by atoms with Crippen molar-refractivity contribution in [1.82, 2.24) is 5.32 Å². The number of carbonyl (C=O) groups is 1. The first-order valence-corrected chi connectivity index (χ1v) is 5.44. The maximum absolute atomic E-state index is 11.3. The van der Waals surface area contributed by atoms with Gasteiger partial charge in [0.2, 0.25) is 0 Å². The Morgan fingerprint density at radius 3 is 2.36 bits per heavy atom. The Morgan fingerprint density at radius 2 is 1.93 bits per heavy atom. The quantitative estimate of drug-likeness (QED) is 0.701. The lowest BCUT2D eigenvalue weighted by Crippen LogP contribution is -2.33. The first kappa shape index (κ1) is 11.5. The largest absolute Gasteiger partial charge is 0.469 e. The van der Waals surface area contributed by atoms with Crippen LogP contribution in [-0.4, -0.2) is 26.2 Å². The highest BCUT2D eigenvalue weighted by Gasteiger charge is 2.28. The molecule has 14 heavy (non-hydrogen) atoms. The Balaban J connectivity index is 2.37. The molecule has 1 N–H and O–H groups in total. The Morgan fingerprint density at radius 1 is 1.36 bits per heavy atom. The summed E-state index contributed by atoms with van der Waals surface area (Å²) in [5.41, 5.74) is 0. The molecule has 1 saturated carbocycles. The number of hydrogen-bond donors (Lipinski definition) is 1. The van der Waals surface area contributed by atoms with E-state index in [9.17, 15) is 4.79 Å². The topological polar surface area (TPSA) is 38.3 Å². The molecule has 0 bridgehead atoms. The summed E-state index contributed by atoms with van der Waals surface area (Å²) in [6, 6.07) is 0.649. The van der Waals surface area contributed by atoms with Gasteiger partial charge in [-0.05, 0) is 38.6 Å². The van der Waals surface area contributed by atoms with E-state index in [0.29, 0.717) is 12.0 Å². The number of rotatable bonds is 3.